The van der Waals surface area contributed by atoms with Crippen LogP contribution in [-0.2, 0) is 0 Å². The molecule has 25 heavy (non-hydrogen) atoms. The van der Waals surface area contributed by atoms with Gasteiger partial charge in [-0.15, -0.1) is 0 Å². The van der Waals surface area contributed by atoms with E-state index in [4.69, 9.17) is 4.74 Å². The molecule has 0 saturated carbocycles. The standard InChI is InChI=1S/C19H28N4O2/c1-4-22-10-6-8-15(13-22)12-20-19(24)17-14(3)21-18-16(25-5-2)9-7-11-23(17)18/h7,9,11,15H,4-6,8,10,12-13H2,1-3H3,(H,20,24). The summed E-state index contributed by atoms with van der Waals surface area (Å²) in [6, 6.07) is 3.77. The van der Waals surface area contributed by atoms with E-state index in [9.17, 15) is 4.79 Å². The topological polar surface area (TPSA) is 58.9 Å². The SMILES string of the molecule is CCOc1cccn2c(C(=O)NCC3CCCN(CC)C3)c(C)nc12. The molecule has 1 amide bonds. The number of ether oxygens (including phenoxy) is 1. The van der Waals surface area contributed by atoms with E-state index in [1.165, 1.54) is 19.4 Å². The first-order valence-corrected chi connectivity index (χ1v) is 9.25. The number of carbonyl (C=O) groups excluding carboxylic acids is 1. The fourth-order valence-electron chi connectivity index (χ4n) is 3.62. The monoisotopic (exact) mass is 344 g/mol. The van der Waals surface area contributed by atoms with Crippen molar-refractivity contribution in [1.29, 1.82) is 0 Å². The Morgan fingerprint density at radius 3 is 3.04 bits per heavy atom. The quantitative estimate of drug-likeness (QED) is 0.875. The van der Waals surface area contributed by atoms with E-state index in [-0.39, 0.29) is 5.91 Å². The average Bonchev–Trinajstić information content (AvgIpc) is 2.97. The van der Waals surface area contributed by atoms with Crippen LogP contribution in [0.4, 0.5) is 0 Å². The smallest absolute Gasteiger partial charge is 0.270 e. The minimum absolute atomic E-state index is 0.0627. The van der Waals surface area contributed by atoms with Crippen LogP contribution in [0.1, 0.15) is 42.9 Å². The number of rotatable bonds is 6. The molecule has 3 rings (SSSR count). The lowest BCUT2D eigenvalue weighted by Gasteiger charge is -2.31. The van der Waals surface area contributed by atoms with Gasteiger partial charge in [0.25, 0.3) is 5.91 Å². The second kappa shape index (κ2) is 7.87. The minimum Gasteiger partial charge on any atom is -0.490 e. The van der Waals surface area contributed by atoms with Crippen LogP contribution in [0.15, 0.2) is 18.3 Å². The second-order valence-corrected chi connectivity index (χ2v) is 6.66. The number of imidazole rings is 1. The molecule has 1 atom stereocenters. The molecule has 1 fully saturated rings. The largest absolute Gasteiger partial charge is 0.490 e. The van der Waals surface area contributed by atoms with Crippen molar-refractivity contribution in [3.8, 4) is 5.75 Å². The van der Waals surface area contributed by atoms with Crippen molar-refractivity contribution in [1.82, 2.24) is 19.6 Å². The lowest BCUT2D eigenvalue weighted by atomic mass is 9.98. The van der Waals surface area contributed by atoms with E-state index < -0.39 is 0 Å². The molecule has 0 aliphatic carbocycles. The molecule has 0 radical (unpaired) electrons. The summed E-state index contributed by atoms with van der Waals surface area (Å²) < 4.78 is 7.45. The highest BCUT2D eigenvalue weighted by atomic mass is 16.5. The molecule has 3 heterocycles. The maximum absolute atomic E-state index is 12.8. The number of aromatic nitrogens is 2. The Morgan fingerprint density at radius 1 is 1.44 bits per heavy atom. The Kier molecular flexibility index (Phi) is 5.58. The number of nitrogens with zero attached hydrogens (tertiary/aromatic N) is 3. The predicted octanol–water partition coefficient (Wildman–Crippen LogP) is 2.50. The summed E-state index contributed by atoms with van der Waals surface area (Å²) in [6.45, 7) is 10.6. The van der Waals surface area contributed by atoms with Crippen molar-refractivity contribution in [3.05, 3.63) is 29.7 Å². The third-order valence-corrected chi connectivity index (χ3v) is 4.91. The average molecular weight is 344 g/mol. The van der Waals surface area contributed by atoms with E-state index in [1.807, 2.05) is 36.6 Å². The van der Waals surface area contributed by atoms with E-state index in [0.717, 1.165) is 18.8 Å². The minimum atomic E-state index is -0.0627. The Bertz CT molecular complexity index is 740. The van der Waals surface area contributed by atoms with Crippen LogP contribution in [0.5, 0.6) is 5.75 Å². The molecule has 1 aliphatic rings. The van der Waals surface area contributed by atoms with E-state index in [1.54, 1.807) is 0 Å². The van der Waals surface area contributed by atoms with Crippen LogP contribution < -0.4 is 10.1 Å². The van der Waals surface area contributed by atoms with Crippen LogP contribution in [-0.4, -0.2) is 53.0 Å². The fourth-order valence-corrected chi connectivity index (χ4v) is 3.62. The highest BCUT2D eigenvalue weighted by molar-refractivity contribution is 5.95. The van der Waals surface area contributed by atoms with Gasteiger partial charge >= 0.3 is 0 Å². The molecule has 1 N–H and O–H groups in total. The molecule has 1 unspecified atom stereocenters. The van der Waals surface area contributed by atoms with Crippen molar-refractivity contribution in [3.63, 3.8) is 0 Å². The van der Waals surface area contributed by atoms with Crippen LogP contribution in [0, 0.1) is 12.8 Å². The van der Waals surface area contributed by atoms with Crippen molar-refractivity contribution in [2.75, 3.05) is 32.8 Å². The van der Waals surface area contributed by atoms with Crippen LogP contribution in [0.25, 0.3) is 5.65 Å². The molecule has 2 aromatic heterocycles. The summed E-state index contributed by atoms with van der Waals surface area (Å²) in [5, 5.41) is 3.12. The van der Waals surface area contributed by atoms with Crippen molar-refractivity contribution in [2.24, 2.45) is 5.92 Å². The van der Waals surface area contributed by atoms with Gasteiger partial charge in [-0.1, -0.05) is 6.92 Å². The van der Waals surface area contributed by atoms with Crippen LogP contribution in [0.3, 0.4) is 0 Å². The third kappa shape index (κ3) is 3.79. The van der Waals surface area contributed by atoms with Gasteiger partial charge in [0.15, 0.2) is 11.4 Å². The lowest BCUT2D eigenvalue weighted by molar-refractivity contribution is 0.0927. The number of aryl methyl sites for hydroxylation is 1. The normalized spacial score (nSPS) is 18.4. The third-order valence-electron chi connectivity index (χ3n) is 4.91. The molecule has 1 aliphatic heterocycles. The molecule has 1 saturated heterocycles. The fraction of sp³-hybridized carbons (Fsp3) is 0.579. The molecule has 6 nitrogen and oxygen atoms in total. The summed E-state index contributed by atoms with van der Waals surface area (Å²) in [6.07, 6.45) is 4.25. The number of hydrogen-bond donors (Lipinski definition) is 1. The first kappa shape index (κ1) is 17.7. The zero-order valence-electron chi connectivity index (χ0n) is 15.4. The lowest BCUT2D eigenvalue weighted by Crippen LogP contribution is -2.41. The molecule has 0 bridgehead atoms. The number of nitrogens with one attached hydrogen (secondary N) is 1. The zero-order chi connectivity index (χ0) is 17.8. The first-order chi connectivity index (χ1) is 12.1. The van der Waals surface area contributed by atoms with Crippen molar-refractivity contribution >= 4 is 11.6 Å². The van der Waals surface area contributed by atoms with Gasteiger partial charge in [0.05, 0.1) is 12.3 Å². The maximum atomic E-state index is 12.8. The van der Waals surface area contributed by atoms with Crippen LogP contribution >= 0.6 is 0 Å². The summed E-state index contributed by atoms with van der Waals surface area (Å²) in [5.41, 5.74) is 2.02. The molecule has 0 spiro atoms. The van der Waals surface area contributed by atoms with Crippen LogP contribution in [0.2, 0.25) is 0 Å². The van der Waals surface area contributed by atoms with Gasteiger partial charge in [-0.05, 0) is 57.8 Å². The van der Waals surface area contributed by atoms with E-state index in [2.05, 4.69) is 22.1 Å². The second-order valence-electron chi connectivity index (χ2n) is 6.66. The molecule has 2 aromatic rings. The molecule has 136 valence electrons. The van der Waals surface area contributed by atoms with E-state index >= 15 is 0 Å². The molecule has 6 heteroatoms. The summed E-state index contributed by atoms with van der Waals surface area (Å²) in [7, 11) is 0. The van der Waals surface area contributed by atoms with Gasteiger partial charge in [-0.2, -0.15) is 0 Å². The Morgan fingerprint density at radius 2 is 2.28 bits per heavy atom. The number of hydrogen-bond acceptors (Lipinski definition) is 4. The summed E-state index contributed by atoms with van der Waals surface area (Å²) in [5.74, 6) is 1.17. The summed E-state index contributed by atoms with van der Waals surface area (Å²) >= 11 is 0. The highest BCUT2D eigenvalue weighted by Crippen LogP contribution is 2.22. The van der Waals surface area contributed by atoms with Gasteiger partial charge < -0.3 is 15.0 Å². The van der Waals surface area contributed by atoms with Gasteiger partial charge in [0, 0.05) is 19.3 Å². The number of likely N-dealkylation sites (tertiary alicyclic amines) is 1. The van der Waals surface area contributed by atoms with Gasteiger partial charge in [0.1, 0.15) is 5.69 Å². The van der Waals surface area contributed by atoms with Gasteiger partial charge in [-0.3, -0.25) is 9.20 Å². The number of carbonyl (C=O) groups is 1. The summed E-state index contributed by atoms with van der Waals surface area (Å²) in [4.78, 5) is 19.8. The van der Waals surface area contributed by atoms with Crippen molar-refractivity contribution < 1.29 is 9.53 Å². The molecule has 0 aromatic carbocycles. The molecular formula is C19H28N4O2. The number of pyridine rings is 1. The Labute approximate surface area is 149 Å². The molecular weight excluding hydrogens is 316 g/mol. The highest BCUT2D eigenvalue weighted by Gasteiger charge is 2.22. The van der Waals surface area contributed by atoms with Gasteiger partial charge in [0.2, 0.25) is 0 Å². The Hall–Kier alpha value is -2.08. The number of fused-ring (bicyclic) bond motifs is 1. The van der Waals surface area contributed by atoms with Gasteiger partial charge in [-0.25, -0.2) is 4.98 Å². The first-order valence-electron chi connectivity index (χ1n) is 9.25. The number of piperidine rings is 1. The predicted molar refractivity (Wildman–Crippen MR) is 98.3 cm³/mol. The number of amides is 1. The maximum Gasteiger partial charge on any atom is 0.270 e. The van der Waals surface area contributed by atoms with E-state index in [0.29, 0.717) is 36.2 Å². The zero-order valence-corrected chi connectivity index (χ0v) is 15.4. The Balaban J connectivity index is 1.74. The van der Waals surface area contributed by atoms with Crippen molar-refractivity contribution in [2.45, 2.75) is 33.6 Å².